The maximum atomic E-state index is 9.90. The molecule has 43 heavy (non-hydrogen) atoms. The van der Waals surface area contributed by atoms with Crippen molar-refractivity contribution in [2.45, 2.75) is 51.2 Å². The van der Waals surface area contributed by atoms with Gasteiger partial charge in [0.05, 0.1) is 39.2 Å². The number of aromatic nitrogens is 1. The smallest absolute Gasteiger partial charge is 0.116 e. The molecule has 0 bridgehead atoms. The van der Waals surface area contributed by atoms with Crippen molar-refractivity contribution in [2.24, 2.45) is 0 Å². The minimum atomic E-state index is -0.197. The molecule has 4 N–H and O–H groups in total. The predicted molar refractivity (Wildman–Crippen MR) is 177 cm³/mol. The van der Waals surface area contributed by atoms with Gasteiger partial charge in [-0.15, -0.1) is 16.9 Å². The third kappa shape index (κ3) is 6.26. The molecule has 222 valence electrons. The number of nitrogens with one attached hydrogen (secondary N) is 4. The summed E-state index contributed by atoms with van der Waals surface area (Å²) in [5, 5.41) is 22.3. The Balaban J connectivity index is 1.32. The first-order valence-corrected chi connectivity index (χ1v) is 16.0. The van der Waals surface area contributed by atoms with Crippen molar-refractivity contribution in [3.63, 3.8) is 0 Å². The number of nitriles is 1. The summed E-state index contributed by atoms with van der Waals surface area (Å²) in [6.07, 6.45) is 5.87. The molecule has 2 aromatic carbocycles. The Morgan fingerprint density at radius 3 is 2.56 bits per heavy atom. The van der Waals surface area contributed by atoms with Gasteiger partial charge in [-0.1, -0.05) is 53.5 Å². The summed E-state index contributed by atoms with van der Waals surface area (Å²) in [6, 6.07) is 18.5. The molecule has 4 aromatic rings. The van der Waals surface area contributed by atoms with E-state index in [9.17, 15) is 5.26 Å². The van der Waals surface area contributed by atoms with E-state index in [1.165, 1.54) is 17.5 Å². The number of rotatable bonds is 7. The van der Waals surface area contributed by atoms with Crippen LogP contribution >= 0.6 is 34.5 Å². The largest absolute Gasteiger partial charge is 0.373 e. The summed E-state index contributed by atoms with van der Waals surface area (Å²) in [5.74, 6) is 0. The Kier molecular flexibility index (Phi) is 8.40. The molecule has 0 amide bonds. The summed E-state index contributed by atoms with van der Waals surface area (Å²) >= 11 is 14.6. The number of piperidine rings is 1. The Morgan fingerprint density at radius 1 is 1.12 bits per heavy atom. The number of anilines is 3. The van der Waals surface area contributed by atoms with Gasteiger partial charge in [0.1, 0.15) is 10.4 Å². The number of nitrogens with zero attached hydrogens (tertiary/aromatic N) is 4. The molecule has 1 saturated heterocycles. The van der Waals surface area contributed by atoms with Crippen LogP contribution in [-0.4, -0.2) is 39.6 Å². The average molecular weight is 634 g/mol. The second kappa shape index (κ2) is 12.2. The zero-order chi connectivity index (χ0) is 30.1. The molecule has 1 fully saturated rings. The fourth-order valence-electron chi connectivity index (χ4n) is 5.73. The summed E-state index contributed by atoms with van der Waals surface area (Å²) in [5.41, 5.74) is 12.2. The molecule has 2 aliphatic rings. The number of benzene rings is 2. The predicted octanol–water partition coefficient (Wildman–Crippen LogP) is 7.80. The van der Waals surface area contributed by atoms with Gasteiger partial charge in [0.15, 0.2) is 0 Å². The number of likely N-dealkylation sites (tertiary alicyclic amines) is 1. The maximum Gasteiger partial charge on any atom is 0.116 e. The van der Waals surface area contributed by atoms with E-state index in [0.717, 1.165) is 54.0 Å². The van der Waals surface area contributed by atoms with Crippen LogP contribution in [0.5, 0.6) is 0 Å². The van der Waals surface area contributed by atoms with Crippen LogP contribution < -0.4 is 21.6 Å². The number of pyridine rings is 1. The zero-order valence-corrected chi connectivity index (χ0v) is 26.6. The number of hydrogen-bond acceptors (Lipinski definition) is 9. The maximum absolute atomic E-state index is 9.90. The summed E-state index contributed by atoms with van der Waals surface area (Å²) in [7, 11) is 0. The third-order valence-electron chi connectivity index (χ3n) is 8.09. The molecule has 0 saturated carbocycles. The molecule has 11 heteroatoms. The van der Waals surface area contributed by atoms with Crippen molar-refractivity contribution in [2.75, 3.05) is 23.7 Å². The van der Waals surface area contributed by atoms with E-state index in [4.69, 9.17) is 23.2 Å². The first-order chi connectivity index (χ1) is 20.7. The highest BCUT2D eigenvalue weighted by molar-refractivity contribution is 7.15. The fourth-order valence-corrected chi connectivity index (χ4v) is 6.84. The number of halogens is 2. The highest BCUT2D eigenvalue weighted by Crippen LogP contribution is 2.39. The first-order valence-electron chi connectivity index (χ1n) is 14.3. The van der Waals surface area contributed by atoms with Crippen molar-refractivity contribution >= 4 is 62.5 Å². The second-order valence-electron chi connectivity index (χ2n) is 11.9. The molecule has 0 aliphatic carbocycles. The fraction of sp³-hybridized carbons (Fsp3) is 0.312. The Labute approximate surface area is 266 Å². The summed E-state index contributed by atoms with van der Waals surface area (Å²) in [6.45, 7) is 8.98. The van der Waals surface area contributed by atoms with Crippen LogP contribution in [-0.2, 0) is 0 Å². The minimum absolute atomic E-state index is 0.182. The molecule has 6 rings (SSSR count). The molecule has 1 atom stereocenters. The highest BCUT2D eigenvalue weighted by Gasteiger charge is 2.32. The van der Waals surface area contributed by atoms with Crippen molar-refractivity contribution in [3.8, 4) is 6.07 Å². The van der Waals surface area contributed by atoms with E-state index in [-0.39, 0.29) is 11.6 Å². The second-order valence-corrected chi connectivity index (χ2v) is 13.8. The van der Waals surface area contributed by atoms with Gasteiger partial charge >= 0.3 is 0 Å². The van der Waals surface area contributed by atoms with Gasteiger partial charge in [-0.3, -0.25) is 14.9 Å². The monoisotopic (exact) mass is 632 g/mol. The van der Waals surface area contributed by atoms with E-state index >= 15 is 0 Å². The zero-order valence-electron chi connectivity index (χ0n) is 24.3. The third-order valence-corrected chi connectivity index (χ3v) is 9.55. The number of hydrogen-bond donors (Lipinski definition) is 4. The Morgan fingerprint density at radius 2 is 1.88 bits per heavy atom. The van der Waals surface area contributed by atoms with E-state index < -0.39 is 0 Å². The number of hydrazine groups is 2. The summed E-state index contributed by atoms with van der Waals surface area (Å²) < 4.78 is 0.610. The molecule has 2 aliphatic heterocycles. The van der Waals surface area contributed by atoms with E-state index in [0.29, 0.717) is 32.2 Å². The van der Waals surface area contributed by atoms with Gasteiger partial charge in [0.2, 0.25) is 0 Å². The van der Waals surface area contributed by atoms with Crippen LogP contribution in [0.3, 0.4) is 0 Å². The molecule has 0 unspecified atom stereocenters. The standard InChI is InChI=1S/C32H34Cl2N8S/c1-32(2,3)41-12-9-23(10-13-41)42-19-27(39-40-42)29(20-7-5-4-6-8-20)37-22-15-24-28(38-26-11-14-43-31(26)34)21(17-35)18-36-30(24)25(33)16-22/h4-8,11,14-16,18-19,23,29,37,39-40H,9-10,12-13H2,1-3H3,(H,36,38)/t29-/m0/s1. The molecule has 4 heterocycles. The van der Waals surface area contributed by atoms with Crippen LogP contribution in [0.15, 0.2) is 72.0 Å². The van der Waals surface area contributed by atoms with Crippen LogP contribution in [0.1, 0.15) is 50.8 Å². The van der Waals surface area contributed by atoms with Gasteiger partial charge in [-0.05, 0) is 62.8 Å². The molecule has 8 nitrogen and oxygen atoms in total. The van der Waals surface area contributed by atoms with Crippen molar-refractivity contribution in [1.29, 1.82) is 5.26 Å². The Bertz CT molecular complexity index is 1680. The molecule has 2 aromatic heterocycles. The molecular weight excluding hydrogens is 599 g/mol. The van der Waals surface area contributed by atoms with Crippen molar-refractivity contribution < 1.29 is 0 Å². The quantitative estimate of drug-likeness (QED) is 0.164. The van der Waals surface area contributed by atoms with Crippen molar-refractivity contribution in [3.05, 3.63) is 92.5 Å². The van der Waals surface area contributed by atoms with Gasteiger partial charge in [0.25, 0.3) is 0 Å². The van der Waals surface area contributed by atoms with Crippen molar-refractivity contribution in [1.82, 2.24) is 25.9 Å². The van der Waals surface area contributed by atoms with Crippen LogP contribution in [0, 0.1) is 11.3 Å². The van der Waals surface area contributed by atoms with E-state index in [2.05, 4.69) is 81.7 Å². The number of fused-ring (bicyclic) bond motifs is 1. The highest BCUT2D eigenvalue weighted by atomic mass is 35.5. The van der Waals surface area contributed by atoms with Crippen LogP contribution in [0.4, 0.5) is 17.1 Å². The normalized spacial score (nSPS) is 16.9. The molecular formula is C32H34Cl2N8S. The minimum Gasteiger partial charge on any atom is -0.373 e. The number of thiophene rings is 1. The van der Waals surface area contributed by atoms with Gasteiger partial charge in [-0.2, -0.15) is 5.26 Å². The average Bonchev–Trinajstić information content (AvgIpc) is 3.65. The summed E-state index contributed by atoms with van der Waals surface area (Å²) in [4.78, 5) is 7.06. The van der Waals surface area contributed by atoms with E-state index in [1.807, 2.05) is 41.8 Å². The van der Waals surface area contributed by atoms with E-state index in [1.54, 1.807) is 0 Å². The van der Waals surface area contributed by atoms with Gasteiger partial charge in [-0.25, -0.2) is 0 Å². The lowest BCUT2D eigenvalue weighted by atomic mass is 9.98. The topological polar surface area (TPSA) is 91.3 Å². The van der Waals surface area contributed by atoms with Crippen LogP contribution in [0.25, 0.3) is 10.9 Å². The lowest BCUT2D eigenvalue weighted by Crippen LogP contribution is -2.52. The Hall–Kier alpha value is -3.52. The lowest BCUT2D eigenvalue weighted by Gasteiger charge is -2.42. The lowest BCUT2D eigenvalue weighted by molar-refractivity contribution is 0.0570. The molecule has 0 spiro atoms. The van der Waals surface area contributed by atoms with Crippen LogP contribution in [0.2, 0.25) is 9.36 Å². The first kappa shape index (κ1) is 29.5. The SMILES string of the molecule is CC(C)(C)N1CCC(N2C=C([C@@H](Nc3cc(Cl)c4ncc(C#N)c(Nc5ccsc5Cl)c4c3)c3ccccc3)NN2)CC1. The molecule has 0 radical (unpaired) electrons. The van der Waals surface area contributed by atoms with Gasteiger partial charge < -0.3 is 16.1 Å². The van der Waals surface area contributed by atoms with Gasteiger partial charge in [0, 0.05) is 48.1 Å².